The van der Waals surface area contributed by atoms with Crippen molar-refractivity contribution in [2.24, 2.45) is 4.99 Å². The fourth-order valence-corrected chi connectivity index (χ4v) is 3.62. The molecule has 0 aliphatic carbocycles. The number of thioether (sulfide) groups is 1. The molecule has 1 unspecified atom stereocenters. The number of hydrogen-bond acceptors (Lipinski definition) is 3. The molecule has 0 amide bonds. The van der Waals surface area contributed by atoms with Crippen molar-refractivity contribution in [3.63, 3.8) is 0 Å². The number of benzene rings is 1. The molecule has 1 fully saturated rings. The van der Waals surface area contributed by atoms with Gasteiger partial charge in [0.15, 0.2) is 5.96 Å². The molecule has 1 aromatic rings. The van der Waals surface area contributed by atoms with Gasteiger partial charge in [-0.1, -0.05) is 12.1 Å². The highest BCUT2D eigenvalue weighted by Gasteiger charge is 2.30. The Hall–Kier alpha value is -0.840. The maximum absolute atomic E-state index is 12.1. The second-order valence-corrected chi connectivity index (χ2v) is 6.86. The molecule has 1 heterocycles. The molecule has 2 N–H and O–H groups in total. The Bertz CT molecular complexity index is 534. The molecular weight excluding hydrogens is 466 g/mol. The van der Waals surface area contributed by atoms with Crippen LogP contribution >= 0.6 is 35.7 Å². The summed E-state index contributed by atoms with van der Waals surface area (Å²) in [6.07, 6.45) is -1.46. The molecule has 0 bridgehead atoms. The Kier molecular flexibility index (Phi) is 9.77. The quantitative estimate of drug-likeness (QED) is 0.363. The van der Waals surface area contributed by atoms with Crippen LogP contribution in [0.15, 0.2) is 29.3 Å². The third-order valence-corrected chi connectivity index (χ3v) is 5.01. The second kappa shape index (κ2) is 11.0. The summed E-state index contributed by atoms with van der Waals surface area (Å²) in [4.78, 5) is 4.17. The van der Waals surface area contributed by atoms with Gasteiger partial charge in [0.05, 0.1) is 0 Å². The zero-order valence-corrected chi connectivity index (χ0v) is 17.1. The van der Waals surface area contributed by atoms with Crippen molar-refractivity contribution in [1.82, 2.24) is 10.6 Å². The maximum atomic E-state index is 12.1. The van der Waals surface area contributed by atoms with E-state index in [0.29, 0.717) is 18.2 Å². The molecule has 1 aliphatic heterocycles. The third kappa shape index (κ3) is 8.89. The smallest absolute Gasteiger partial charge is 0.406 e. The fraction of sp³-hybridized carbons (Fsp3) is 0.562. The van der Waals surface area contributed by atoms with Gasteiger partial charge in [-0.25, -0.2) is 0 Å². The van der Waals surface area contributed by atoms with E-state index >= 15 is 0 Å². The number of hydrogen-bond donors (Lipinski definition) is 2. The number of halogens is 4. The molecule has 142 valence electrons. The lowest BCUT2D eigenvalue weighted by Gasteiger charge is -2.15. The Morgan fingerprint density at radius 1 is 1.28 bits per heavy atom. The zero-order chi connectivity index (χ0) is 17.4. The van der Waals surface area contributed by atoms with Crippen LogP contribution in [0.4, 0.5) is 13.2 Å². The van der Waals surface area contributed by atoms with Gasteiger partial charge in [-0.3, -0.25) is 4.99 Å². The standard InChI is InChI=1S/C16H22F3N3OS.HI/c1-20-15(22-11-14-3-2-10-24-14)21-9-8-12-4-6-13(7-5-12)23-16(17,18)19;/h4-7,14H,2-3,8-11H2,1H3,(H2,20,21,22);1H. The van der Waals surface area contributed by atoms with E-state index in [9.17, 15) is 13.2 Å². The molecule has 1 atom stereocenters. The number of nitrogens with one attached hydrogen (secondary N) is 2. The van der Waals surface area contributed by atoms with E-state index in [4.69, 9.17) is 0 Å². The highest BCUT2D eigenvalue weighted by molar-refractivity contribution is 14.0. The molecule has 25 heavy (non-hydrogen) atoms. The summed E-state index contributed by atoms with van der Waals surface area (Å²) >= 11 is 1.98. The summed E-state index contributed by atoms with van der Waals surface area (Å²) < 4.78 is 40.2. The number of ether oxygens (including phenoxy) is 1. The van der Waals surface area contributed by atoms with Gasteiger partial charge < -0.3 is 15.4 Å². The van der Waals surface area contributed by atoms with Gasteiger partial charge in [0.25, 0.3) is 0 Å². The monoisotopic (exact) mass is 489 g/mol. The molecule has 0 aromatic heterocycles. The van der Waals surface area contributed by atoms with Crippen LogP contribution in [0.2, 0.25) is 0 Å². The lowest BCUT2D eigenvalue weighted by Crippen LogP contribution is -2.40. The van der Waals surface area contributed by atoms with Crippen LogP contribution < -0.4 is 15.4 Å². The minimum atomic E-state index is -4.65. The highest BCUT2D eigenvalue weighted by atomic mass is 127. The predicted molar refractivity (Wildman–Crippen MR) is 107 cm³/mol. The normalized spacial score (nSPS) is 17.8. The lowest BCUT2D eigenvalue weighted by atomic mass is 10.1. The van der Waals surface area contributed by atoms with Gasteiger partial charge in [-0.05, 0) is 42.7 Å². The average Bonchev–Trinajstić information content (AvgIpc) is 3.04. The van der Waals surface area contributed by atoms with E-state index in [0.717, 1.165) is 18.1 Å². The molecule has 1 saturated heterocycles. The number of rotatable bonds is 6. The van der Waals surface area contributed by atoms with Crippen molar-refractivity contribution < 1.29 is 17.9 Å². The molecular formula is C16H23F3IN3OS. The van der Waals surface area contributed by atoms with Crippen molar-refractivity contribution in [2.75, 3.05) is 25.9 Å². The molecule has 1 aliphatic rings. The summed E-state index contributed by atoms with van der Waals surface area (Å²) in [5.74, 6) is 1.78. The van der Waals surface area contributed by atoms with Crippen LogP contribution in [0.25, 0.3) is 0 Å². The van der Waals surface area contributed by atoms with E-state index in [1.807, 2.05) is 11.8 Å². The van der Waals surface area contributed by atoms with Crippen molar-refractivity contribution in [1.29, 1.82) is 0 Å². The number of nitrogens with zero attached hydrogens (tertiary/aromatic N) is 1. The molecule has 0 saturated carbocycles. The molecule has 0 spiro atoms. The van der Waals surface area contributed by atoms with Gasteiger partial charge in [-0.2, -0.15) is 11.8 Å². The topological polar surface area (TPSA) is 45.7 Å². The Morgan fingerprint density at radius 2 is 2.00 bits per heavy atom. The van der Waals surface area contributed by atoms with Gasteiger partial charge in [-0.15, -0.1) is 37.1 Å². The predicted octanol–water partition coefficient (Wildman–Crippen LogP) is 3.81. The van der Waals surface area contributed by atoms with Gasteiger partial charge >= 0.3 is 6.36 Å². The van der Waals surface area contributed by atoms with Crippen molar-refractivity contribution in [2.45, 2.75) is 30.9 Å². The fourth-order valence-electron chi connectivity index (χ4n) is 2.42. The molecule has 9 heteroatoms. The summed E-state index contributed by atoms with van der Waals surface area (Å²) in [6, 6.07) is 5.92. The Balaban J connectivity index is 0.00000312. The average molecular weight is 489 g/mol. The summed E-state index contributed by atoms with van der Waals surface area (Å²) in [5, 5.41) is 7.16. The van der Waals surface area contributed by atoms with Crippen LogP contribution in [-0.4, -0.2) is 43.5 Å². The van der Waals surface area contributed by atoms with E-state index < -0.39 is 6.36 Å². The zero-order valence-electron chi connectivity index (χ0n) is 13.9. The molecule has 4 nitrogen and oxygen atoms in total. The SMILES string of the molecule is CN=C(NCCc1ccc(OC(F)(F)F)cc1)NCC1CCCS1.I. The molecule has 2 rings (SSSR count). The van der Waals surface area contributed by atoms with Crippen LogP contribution in [0, 0.1) is 0 Å². The van der Waals surface area contributed by atoms with Crippen molar-refractivity contribution in [3.8, 4) is 5.75 Å². The maximum Gasteiger partial charge on any atom is 0.573 e. The van der Waals surface area contributed by atoms with Crippen molar-refractivity contribution >= 4 is 41.7 Å². The first-order valence-corrected chi connectivity index (χ1v) is 8.92. The number of alkyl halides is 3. The number of aliphatic imine (C=N–C) groups is 1. The first kappa shape index (κ1) is 22.2. The first-order valence-electron chi connectivity index (χ1n) is 7.87. The second-order valence-electron chi connectivity index (χ2n) is 5.46. The lowest BCUT2D eigenvalue weighted by molar-refractivity contribution is -0.274. The van der Waals surface area contributed by atoms with E-state index in [2.05, 4.69) is 20.4 Å². The van der Waals surface area contributed by atoms with Crippen LogP contribution in [0.5, 0.6) is 5.75 Å². The Morgan fingerprint density at radius 3 is 2.56 bits per heavy atom. The van der Waals surface area contributed by atoms with Crippen LogP contribution in [0.3, 0.4) is 0 Å². The number of guanidine groups is 1. The molecule has 0 radical (unpaired) electrons. The first-order chi connectivity index (χ1) is 11.5. The van der Waals surface area contributed by atoms with E-state index in [1.165, 1.54) is 30.7 Å². The third-order valence-electron chi connectivity index (χ3n) is 3.61. The minimum Gasteiger partial charge on any atom is -0.406 e. The van der Waals surface area contributed by atoms with Gasteiger partial charge in [0, 0.05) is 25.4 Å². The van der Waals surface area contributed by atoms with E-state index in [1.54, 1.807) is 19.2 Å². The largest absolute Gasteiger partial charge is 0.573 e. The summed E-state index contributed by atoms with van der Waals surface area (Å²) in [6.45, 7) is 1.55. The minimum absolute atomic E-state index is 0. The van der Waals surface area contributed by atoms with Crippen molar-refractivity contribution in [3.05, 3.63) is 29.8 Å². The Labute approximate surface area is 167 Å². The van der Waals surface area contributed by atoms with Gasteiger partial charge in [0.2, 0.25) is 0 Å². The van der Waals surface area contributed by atoms with Crippen LogP contribution in [-0.2, 0) is 6.42 Å². The van der Waals surface area contributed by atoms with E-state index in [-0.39, 0.29) is 29.7 Å². The molecule has 1 aromatic carbocycles. The summed E-state index contributed by atoms with van der Waals surface area (Å²) in [7, 11) is 1.72. The van der Waals surface area contributed by atoms with Crippen LogP contribution in [0.1, 0.15) is 18.4 Å². The summed E-state index contributed by atoms with van der Waals surface area (Å²) in [5.41, 5.74) is 0.929. The highest BCUT2D eigenvalue weighted by Crippen LogP contribution is 2.25. The van der Waals surface area contributed by atoms with Gasteiger partial charge in [0.1, 0.15) is 5.75 Å².